The van der Waals surface area contributed by atoms with Gasteiger partial charge in [0, 0.05) is 0 Å². The van der Waals surface area contributed by atoms with Crippen molar-refractivity contribution in [1.29, 1.82) is 0 Å². The van der Waals surface area contributed by atoms with Gasteiger partial charge >= 0.3 is 5.97 Å². The van der Waals surface area contributed by atoms with Crippen molar-refractivity contribution < 1.29 is 14.7 Å². The third kappa shape index (κ3) is 2.54. The number of aliphatic carboxylic acids is 1. The summed E-state index contributed by atoms with van der Waals surface area (Å²) in [6, 6.07) is 8.85. The molecule has 0 heterocycles. The zero-order valence-corrected chi connectivity index (χ0v) is 7.01. The standard InChI is InChI=1S/C9H11NO3/c10-13-6-8(9(11)12)7-4-2-1-3-5-7/h1-5,8H,6,10H2,(H,11,12). The summed E-state index contributed by atoms with van der Waals surface area (Å²) in [6.45, 7) is -0.0145. The van der Waals surface area contributed by atoms with E-state index in [9.17, 15) is 4.79 Å². The molecule has 70 valence electrons. The molecule has 4 nitrogen and oxygen atoms in total. The van der Waals surface area contributed by atoms with Gasteiger partial charge in [-0.2, -0.15) is 0 Å². The highest BCUT2D eigenvalue weighted by molar-refractivity contribution is 5.76. The second kappa shape index (κ2) is 4.59. The zero-order valence-electron chi connectivity index (χ0n) is 7.01. The van der Waals surface area contributed by atoms with Crippen LogP contribution in [0.5, 0.6) is 0 Å². The maximum atomic E-state index is 10.8. The van der Waals surface area contributed by atoms with Crippen LogP contribution in [0, 0.1) is 0 Å². The van der Waals surface area contributed by atoms with Crippen LogP contribution in [0.1, 0.15) is 11.5 Å². The Kier molecular flexibility index (Phi) is 3.42. The first-order valence-electron chi connectivity index (χ1n) is 3.85. The number of rotatable bonds is 4. The summed E-state index contributed by atoms with van der Waals surface area (Å²) in [7, 11) is 0. The second-order valence-electron chi connectivity index (χ2n) is 2.63. The molecule has 0 spiro atoms. The van der Waals surface area contributed by atoms with E-state index >= 15 is 0 Å². The van der Waals surface area contributed by atoms with Gasteiger partial charge < -0.3 is 9.94 Å². The molecule has 13 heavy (non-hydrogen) atoms. The van der Waals surface area contributed by atoms with Gasteiger partial charge in [0.05, 0.1) is 6.61 Å². The molecule has 0 fully saturated rings. The van der Waals surface area contributed by atoms with Gasteiger partial charge in [-0.05, 0) is 5.56 Å². The fourth-order valence-electron chi connectivity index (χ4n) is 1.09. The Morgan fingerprint density at radius 2 is 2.08 bits per heavy atom. The lowest BCUT2D eigenvalue weighted by atomic mass is 10.0. The molecule has 1 atom stereocenters. The van der Waals surface area contributed by atoms with Gasteiger partial charge in [0.1, 0.15) is 5.92 Å². The predicted octanol–water partition coefficient (Wildman–Crippen LogP) is 0.745. The number of hydrogen-bond donors (Lipinski definition) is 2. The third-order valence-corrected chi connectivity index (χ3v) is 1.76. The summed E-state index contributed by atoms with van der Waals surface area (Å²) in [4.78, 5) is 15.1. The van der Waals surface area contributed by atoms with E-state index in [0.29, 0.717) is 5.56 Å². The SMILES string of the molecule is NOCC(C(=O)O)c1ccccc1. The molecule has 0 aliphatic rings. The molecule has 0 aromatic heterocycles. The average molecular weight is 181 g/mol. The van der Waals surface area contributed by atoms with Crippen LogP contribution in [0.4, 0.5) is 0 Å². The van der Waals surface area contributed by atoms with Crippen molar-refractivity contribution in [2.24, 2.45) is 5.90 Å². The summed E-state index contributed by atoms with van der Waals surface area (Å²) >= 11 is 0. The summed E-state index contributed by atoms with van der Waals surface area (Å²) < 4.78 is 0. The van der Waals surface area contributed by atoms with E-state index in [-0.39, 0.29) is 6.61 Å². The van der Waals surface area contributed by atoms with Gasteiger partial charge in [-0.3, -0.25) is 4.79 Å². The van der Waals surface area contributed by atoms with Crippen LogP contribution < -0.4 is 5.90 Å². The maximum absolute atomic E-state index is 10.8. The van der Waals surface area contributed by atoms with Crippen LogP contribution in [-0.4, -0.2) is 17.7 Å². The lowest BCUT2D eigenvalue weighted by Gasteiger charge is -2.10. The number of carboxylic acids is 1. The second-order valence-corrected chi connectivity index (χ2v) is 2.63. The van der Waals surface area contributed by atoms with E-state index in [4.69, 9.17) is 11.0 Å². The van der Waals surface area contributed by atoms with E-state index in [1.165, 1.54) is 0 Å². The van der Waals surface area contributed by atoms with E-state index in [1.807, 2.05) is 6.07 Å². The topological polar surface area (TPSA) is 72.5 Å². The fraction of sp³-hybridized carbons (Fsp3) is 0.222. The van der Waals surface area contributed by atoms with Crippen molar-refractivity contribution in [3.8, 4) is 0 Å². The lowest BCUT2D eigenvalue weighted by Crippen LogP contribution is -2.19. The molecule has 0 bridgehead atoms. The summed E-state index contributed by atoms with van der Waals surface area (Å²) in [5.41, 5.74) is 0.695. The molecule has 0 amide bonds. The van der Waals surface area contributed by atoms with Gasteiger partial charge in [-0.1, -0.05) is 30.3 Å². The Balaban J connectivity index is 2.82. The summed E-state index contributed by atoms with van der Waals surface area (Å²) in [5, 5.41) is 8.82. The van der Waals surface area contributed by atoms with E-state index in [2.05, 4.69) is 4.84 Å². The van der Waals surface area contributed by atoms with Gasteiger partial charge in [0.15, 0.2) is 0 Å². The quantitative estimate of drug-likeness (QED) is 0.672. The van der Waals surface area contributed by atoms with Crippen LogP contribution in [-0.2, 0) is 9.63 Å². The molecular weight excluding hydrogens is 170 g/mol. The highest BCUT2D eigenvalue weighted by atomic mass is 16.6. The Morgan fingerprint density at radius 3 is 2.54 bits per heavy atom. The minimum atomic E-state index is -0.934. The largest absolute Gasteiger partial charge is 0.481 e. The summed E-state index contributed by atoms with van der Waals surface area (Å²) in [6.07, 6.45) is 0. The molecule has 0 saturated heterocycles. The number of carbonyl (C=O) groups is 1. The van der Waals surface area contributed by atoms with Crippen molar-refractivity contribution in [2.45, 2.75) is 5.92 Å². The molecule has 0 aliphatic heterocycles. The number of nitrogens with two attached hydrogens (primary N) is 1. The van der Waals surface area contributed by atoms with Crippen LogP contribution in [0.25, 0.3) is 0 Å². The molecule has 1 aromatic carbocycles. The van der Waals surface area contributed by atoms with Gasteiger partial charge in [0.25, 0.3) is 0 Å². The number of benzene rings is 1. The highest BCUT2D eigenvalue weighted by Crippen LogP contribution is 2.15. The first-order valence-corrected chi connectivity index (χ1v) is 3.85. The van der Waals surface area contributed by atoms with E-state index < -0.39 is 11.9 Å². The lowest BCUT2D eigenvalue weighted by molar-refractivity contribution is -0.140. The normalized spacial score (nSPS) is 12.4. The Hall–Kier alpha value is -1.39. The minimum absolute atomic E-state index is 0.0145. The molecular formula is C9H11NO3. The molecule has 1 unspecified atom stereocenters. The predicted molar refractivity (Wildman–Crippen MR) is 47.0 cm³/mol. The van der Waals surface area contributed by atoms with Crippen molar-refractivity contribution in [2.75, 3.05) is 6.61 Å². The van der Waals surface area contributed by atoms with Crippen molar-refractivity contribution >= 4 is 5.97 Å². The number of hydrogen-bond acceptors (Lipinski definition) is 3. The van der Waals surface area contributed by atoms with E-state index in [0.717, 1.165) is 0 Å². The maximum Gasteiger partial charge on any atom is 0.313 e. The third-order valence-electron chi connectivity index (χ3n) is 1.76. The van der Waals surface area contributed by atoms with Crippen LogP contribution in [0.2, 0.25) is 0 Å². The monoisotopic (exact) mass is 181 g/mol. The van der Waals surface area contributed by atoms with Crippen molar-refractivity contribution in [1.82, 2.24) is 0 Å². The number of carboxylic acid groups (broad SMARTS) is 1. The van der Waals surface area contributed by atoms with Crippen LogP contribution in [0.3, 0.4) is 0 Å². The smallest absolute Gasteiger partial charge is 0.313 e. The molecule has 0 radical (unpaired) electrons. The Bertz CT molecular complexity index is 273. The Morgan fingerprint density at radius 1 is 1.46 bits per heavy atom. The molecule has 1 aromatic rings. The van der Waals surface area contributed by atoms with Crippen molar-refractivity contribution in [3.05, 3.63) is 35.9 Å². The highest BCUT2D eigenvalue weighted by Gasteiger charge is 2.19. The summed E-state index contributed by atoms with van der Waals surface area (Å²) in [5.74, 6) is 3.22. The molecule has 1 rings (SSSR count). The molecule has 0 aliphatic carbocycles. The zero-order chi connectivity index (χ0) is 9.68. The van der Waals surface area contributed by atoms with E-state index in [1.54, 1.807) is 24.3 Å². The van der Waals surface area contributed by atoms with Crippen LogP contribution in [0.15, 0.2) is 30.3 Å². The van der Waals surface area contributed by atoms with Crippen molar-refractivity contribution in [3.63, 3.8) is 0 Å². The molecule has 4 heteroatoms. The molecule has 0 saturated carbocycles. The average Bonchev–Trinajstić information content (AvgIpc) is 2.15. The minimum Gasteiger partial charge on any atom is -0.481 e. The molecule has 3 N–H and O–H groups in total. The van der Waals surface area contributed by atoms with Crippen LogP contribution >= 0.6 is 0 Å². The Labute approximate surface area is 75.9 Å². The fourth-order valence-corrected chi connectivity index (χ4v) is 1.09. The first-order chi connectivity index (χ1) is 6.25. The first kappa shape index (κ1) is 9.70. The van der Waals surface area contributed by atoms with Gasteiger partial charge in [-0.15, -0.1) is 0 Å². The van der Waals surface area contributed by atoms with Gasteiger partial charge in [-0.25, -0.2) is 5.90 Å². The van der Waals surface area contributed by atoms with Gasteiger partial charge in [0.2, 0.25) is 0 Å².